The minimum absolute atomic E-state index is 0.0900. The van der Waals surface area contributed by atoms with Gasteiger partial charge in [0.05, 0.1) is 12.1 Å². The van der Waals surface area contributed by atoms with Crippen molar-refractivity contribution in [1.82, 2.24) is 15.2 Å². The van der Waals surface area contributed by atoms with Crippen molar-refractivity contribution >= 4 is 10.9 Å². The molecule has 4 heteroatoms. The fourth-order valence-electron chi connectivity index (χ4n) is 6.13. The van der Waals surface area contributed by atoms with Crippen molar-refractivity contribution in [2.75, 3.05) is 19.6 Å². The first-order chi connectivity index (χ1) is 13.8. The molecule has 0 saturated carbocycles. The third-order valence-electron chi connectivity index (χ3n) is 7.48. The Morgan fingerprint density at radius 1 is 1.00 bits per heavy atom. The number of aromatic nitrogens is 1. The number of aliphatic hydroxyl groups is 1. The highest BCUT2D eigenvalue weighted by Crippen LogP contribution is 2.52. The van der Waals surface area contributed by atoms with E-state index in [1.807, 2.05) is 0 Å². The highest BCUT2D eigenvalue weighted by molar-refractivity contribution is 5.84. The van der Waals surface area contributed by atoms with Crippen LogP contribution in [0.2, 0.25) is 0 Å². The van der Waals surface area contributed by atoms with E-state index in [0.717, 1.165) is 45.4 Å². The monoisotopic (exact) mass is 373 g/mol. The summed E-state index contributed by atoms with van der Waals surface area (Å²) >= 11 is 0. The third-order valence-corrected chi connectivity index (χ3v) is 7.48. The summed E-state index contributed by atoms with van der Waals surface area (Å²) in [5.74, 6) is 0. The molecule has 6 rings (SSSR count). The molecule has 1 fully saturated rings. The van der Waals surface area contributed by atoms with Gasteiger partial charge in [0, 0.05) is 35.1 Å². The quantitative estimate of drug-likeness (QED) is 0.614. The first kappa shape index (κ1) is 16.8. The number of nitrogens with zero attached hydrogens (tertiary/aromatic N) is 1. The second-order valence-corrected chi connectivity index (χ2v) is 8.73. The zero-order valence-corrected chi connectivity index (χ0v) is 16.1. The van der Waals surface area contributed by atoms with E-state index in [4.69, 9.17) is 0 Å². The molecule has 2 aromatic carbocycles. The van der Waals surface area contributed by atoms with Gasteiger partial charge in [0.15, 0.2) is 0 Å². The summed E-state index contributed by atoms with van der Waals surface area (Å²) in [6.07, 6.45) is 2.75. The second kappa shape index (κ2) is 6.18. The van der Waals surface area contributed by atoms with Crippen molar-refractivity contribution in [3.63, 3.8) is 0 Å². The molecule has 2 atom stereocenters. The van der Waals surface area contributed by atoms with Gasteiger partial charge in [-0.3, -0.25) is 4.90 Å². The van der Waals surface area contributed by atoms with Crippen LogP contribution in [0.15, 0.2) is 48.5 Å². The van der Waals surface area contributed by atoms with E-state index < -0.39 is 0 Å². The molecule has 3 aliphatic rings. The van der Waals surface area contributed by atoms with Gasteiger partial charge >= 0.3 is 0 Å². The van der Waals surface area contributed by atoms with E-state index >= 15 is 0 Å². The van der Waals surface area contributed by atoms with Crippen LogP contribution in [-0.2, 0) is 18.4 Å². The molecular weight excluding hydrogens is 346 g/mol. The lowest BCUT2D eigenvalue weighted by atomic mass is 9.72. The predicted octanol–water partition coefficient (Wildman–Crippen LogP) is 3.26. The molecule has 1 aliphatic carbocycles. The minimum Gasteiger partial charge on any atom is -0.390 e. The van der Waals surface area contributed by atoms with Gasteiger partial charge in [0.2, 0.25) is 0 Å². The Hall–Kier alpha value is -2.14. The Bertz CT molecular complexity index is 1030. The number of hydrogen-bond acceptors (Lipinski definition) is 3. The molecule has 1 aromatic heterocycles. The number of aromatic amines is 1. The maximum atomic E-state index is 11.6. The summed E-state index contributed by atoms with van der Waals surface area (Å²) in [4.78, 5) is 6.16. The normalized spacial score (nSPS) is 26.5. The summed E-state index contributed by atoms with van der Waals surface area (Å²) in [6, 6.07) is 17.5. The molecule has 3 N–H and O–H groups in total. The molecule has 144 valence electrons. The van der Waals surface area contributed by atoms with Crippen molar-refractivity contribution < 1.29 is 5.11 Å². The number of H-pyrrole nitrogens is 1. The van der Waals surface area contributed by atoms with Gasteiger partial charge in [0.1, 0.15) is 0 Å². The number of hydrogen-bond donors (Lipinski definition) is 3. The minimum atomic E-state index is -0.335. The number of rotatable bonds is 1. The van der Waals surface area contributed by atoms with E-state index in [1.165, 1.54) is 33.3 Å². The van der Waals surface area contributed by atoms with Gasteiger partial charge in [-0.05, 0) is 55.1 Å². The zero-order chi connectivity index (χ0) is 18.7. The number of fused-ring (bicyclic) bond motifs is 5. The maximum absolute atomic E-state index is 11.6. The summed E-state index contributed by atoms with van der Waals surface area (Å²) in [5, 5.41) is 16.5. The Kier molecular flexibility index (Phi) is 3.70. The molecule has 0 bridgehead atoms. The molecular formula is C24H27N3O. The fraction of sp³-hybridized carbons (Fsp3) is 0.417. The smallest absolute Gasteiger partial charge is 0.0834 e. The second-order valence-electron chi connectivity index (χ2n) is 8.73. The van der Waals surface area contributed by atoms with Gasteiger partial charge in [0.25, 0.3) is 0 Å². The maximum Gasteiger partial charge on any atom is 0.0834 e. The van der Waals surface area contributed by atoms with Crippen LogP contribution in [0.25, 0.3) is 10.9 Å². The Morgan fingerprint density at radius 2 is 1.79 bits per heavy atom. The van der Waals surface area contributed by atoms with Gasteiger partial charge < -0.3 is 15.4 Å². The summed E-state index contributed by atoms with van der Waals surface area (Å²) < 4.78 is 0. The first-order valence-electron chi connectivity index (χ1n) is 10.6. The van der Waals surface area contributed by atoms with Crippen LogP contribution < -0.4 is 5.32 Å². The molecule has 28 heavy (non-hydrogen) atoms. The van der Waals surface area contributed by atoms with E-state index in [0.29, 0.717) is 0 Å². The third kappa shape index (κ3) is 2.22. The molecule has 3 heterocycles. The summed E-state index contributed by atoms with van der Waals surface area (Å²) in [6.45, 7) is 3.86. The number of aliphatic hydroxyl groups excluding tert-OH is 1. The lowest BCUT2D eigenvalue weighted by Crippen LogP contribution is -2.49. The van der Waals surface area contributed by atoms with Crippen molar-refractivity contribution in [2.45, 2.75) is 43.4 Å². The number of para-hydroxylation sites is 1. The van der Waals surface area contributed by atoms with E-state index in [2.05, 4.69) is 63.7 Å². The standard InChI is InChI=1S/C24H27N3O/c28-23-22(18-6-1-3-7-19(18)24(23)10-12-25-13-11-24)27-14-9-17-16-5-2-4-8-20(16)26-21(17)15-27/h1-8,22-23,25-26,28H,9-15H2/t22-,23+/m1/s1. The molecule has 1 spiro atoms. The predicted molar refractivity (Wildman–Crippen MR) is 111 cm³/mol. The number of benzene rings is 2. The van der Waals surface area contributed by atoms with Crippen LogP contribution in [0.5, 0.6) is 0 Å². The van der Waals surface area contributed by atoms with Crippen LogP contribution in [0.1, 0.15) is 41.3 Å². The topological polar surface area (TPSA) is 51.3 Å². The van der Waals surface area contributed by atoms with E-state index in [9.17, 15) is 5.11 Å². The van der Waals surface area contributed by atoms with Crippen LogP contribution >= 0.6 is 0 Å². The van der Waals surface area contributed by atoms with Gasteiger partial charge in [-0.15, -0.1) is 0 Å². The average molecular weight is 374 g/mol. The molecule has 1 saturated heterocycles. The largest absolute Gasteiger partial charge is 0.390 e. The van der Waals surface area contributed by atoms with Gasteiger partial charge in [-0.25, -0.2) is 0 Å². The molecule has 3 aromatic rings. The summed E-state index contributed by atoms with van der Waals surface area (Å²) in [5.41, 5.74) is 6.66. The van der Waals surface area contributed by atoms with Crippen LogP contribution in [0, 0.1) is 0 Å². The van der Waals surface area contributed by atoms with Crippen molar-refractivity contribution in [3.8, 4) is 0 Å². The molecule has 0 amide bonds. The SMILES string of the molecule is O[C@H]1[C@H](N2CCc3c([nH]c4ccccc34)C2)c2ccccc2C12CCNCC2. The molecule has 0 unspecified atom stereocenters. The highest BCUT2D eigenvalue weighted by atomic mass is 16.3. The number of piperidine rings is 1. The van der Waals surface area contributed by atoms with Crippen LogP contribution in [-0.4, -0.2) is 40.7 Å². The fourth-order valence-corrected chi connectivity index (χ4v) is 6.13. The Balaban J connectivity index is 1.40. The van der Waals surface area contributed by atoms with Crippen LogP contribution in [0.3, 0.4) is 0 Å². The van der Waals surface area contributed by atoms with Crippen molar-refractivity contribution in [2.24, 2.45) is 0 Å². The van der Waals surface area contributed by atoms with Crippen molar-refractivity contribution in [3.05, 3.63) is 70.9 Å². The molecule has 2 aliphatic heterocycles. The van der Waals surface area contributed by atoms with Gasteiger partial charge in [-0.2, -0.15) is 0 Å². The Labute approximate surface area is 165 Å². The van der Waals surface area contributed by atoms with E-state index in [-0.39, 0.29) is 17.6 Å². The summed E-state index contributed by atoms with van der Waals surface area (Å²) in [7, 11) is 0. The van der Waals surface area contributed by atoms with Gasteiger partial charge in [-0.1, -0.05) is 42.5 Å². The Morgan fingerprint density at radius 3 is 2.68 bits per heavy atom. The average Bonchev–Trinajstić information content (AvgIpc) is 3.22. The highest BCUT2D eigenvalue weighted by Gasteiger charge is 2.53. The molecule has 4 nitrogen and oxygen atoms in total. The molecule has 0 radical (unpaired) electrons. The van der Waals surface area contributed by atoms with Crippen molar-refractivity contribution in [1.29, 1.82) is 0 Å². The first-order valence-corrected chi connectivity index (χ1v) is 10.6. The lowest BCUT2D eigenvalue weighted by Gasteiger charge is -2.41. The van der Waals surface area contributed by atoms with E-state index in [1.54, 1.807) is 0 Å². The van der Waals surface area contributed by atoms with Crippen LogP contribution in [0.4, 0.5) is 0 Å². The lowest BCUT2D eigenvalue weighted by molar-refractivity contribution is -0.00696. The zero-order valence-electron chi connectivity index (χ0n) is 16.1. The number of nitrogens with one attached hydrogen (secondary N) is 2.